The van der Waals surface area contributed by atoms with Crippen molar-refractivity contribution in [1.82, 2.24) is 10.3 Å². The van der Waals surface area contributed by atoms with Gasteiger partial charge in [-0.1, -0.05) is 35.3 Å². The minimum absolute atomic E-state index is 0.0241. The highest BCUT2D eigenvalue weighted by molar-refractivity contribution is 6.35. The summed E-state index contributed by atoms with van der Waals surface area (Å²) in [5.41, 5.74) is 1.01. The third kappa shape index (κ3) is 4.67. The largest absolute Gasteiger partial charge is 0.473 e. The van der Waals surface area contributed by atoms with Crippen LogP contribution >= 0.6 is 23.2 Å². The molecule has 1 atom stereocenters. The summed E-state index contributed by atoms with van der Waals surface area (Å²) in [6.07, 6.45) is 1.74. The fourth-order valence-electron chi connectivity index (χ4n) is 1.74. The molecule has 2 rings (SSSR count). The van der Waals surface area contributed by atoms with Crippen molar-refractivity contribution in [2.45, 2.75) is 19.6 Å². The minimum Gasteiger partial charge on any atom is -0.473 e. The van der Waals surface area contributed by atoms with Gasteiger partial charge in [-0.2, -0.15) is 0 Å². The van der Waals surface area contributed by atoms with Gasteiger partial charge in [0.15, 0.2) is 0 Å². The van der Waals surface area contributed by atoms with E-state index in [1.807, 2.05) is 37.3 Å². The SMILES string of the molecule is CC(CNCc1ccc(Cl)cc1Cl)Oc1ccccn1. The molecular weight excluding hydrogens is 295 g/mol. The zero-order valence-electron chi connectivity index (χ0n) is 11.1. The molecule has 0 saturated heterocycles. The van der Waals surface area contributed by atoms with Gasteiger partial charge in [0.2, 0.25) is 5.88 Å². The first-order chi connectivity index (χ1) is 9.65. The molecule has 0 fully saturated rings. The van der Waals surface area contributed by atoms with Crippen molar-refractivity contribution >= 4 is 23.2 Å². The maximum Gasteiger partial charge on any atom is 0.213 e. The molecule has 20 heavy (non-hydrogen) atoms. The van der Waals surface area contributed by atoms with Gasteiger partial charge in [0.05, 0.1) is 0 Å². The first kappa shape index (κ1) is 15.1. The average Bonchev–Trinajstić information content (AvgIpc) is 2.42. The number of benzene rings is 1. The molecule has 1 N–H and O–H groups in total. The molecule has 0 bridgehead atoms. The Kier molecular flexibility index (Phi) is 5.65. The van der Waals surface area contributed by atoms with Crippen molar-refractivity contribution in [3.05, 3.63) is 58.2 Å². The minimum atomic E-state index is 0.0241. The summed E-state index contributed by atoms with van der Waals surface area (Å²) in [6.45, 7) is 3.37. The first-order valence-corrected chi connectivity index (χ1v) is 7.13. The van der Waals surface area contributed by atoms with Crippen molar-refractivity contribution in [3.63, 3.8) is 0 Å². The molecule has 3 nitrogen and oxygen atoms in total. The number of hydrogen-bond donors (Lipinski definition) is 1. The van der Waals surface area contributed by atoms with Crippen molar-refractivity contribution in [2.75, 3.05) is 6.54 Å². The number of ether oxygens (including phenoxy) is 1. The fraction of sp³-hybridized carbons (Fsp3) is 0.267. The van der Waals surface area contributed by atoms with Gasteiger partial charge >= 0.3 is 0 Å². The number of nitrogens with zero attached hydrogens (tertiary/aromatic N) is 1. The molecule has 0 radical (unpaired) electrons. The average molecular weight is 311 g/mol. The topological polar surface area (TPSA) is 34.1 Å². The summed E-state index contributed by atoms with van der Waals surface area (Å²) in [5.74, 6) is 0.631. The van der Waals surface area contributed by atoms with Crippen LogP contribution in [0.25, 0.3) is 0 Å². The van der Waals surface area contributed by atoms with Crippen molar-refractivity contribution in [3.8, 4) is 5.88 Å². The van der Waals surface area contributed by atoms with Crippen LogP contribution in [-0.2, 0) is 6.54 Å². The molecule has 0 saturated carbocycles. The van der Waals surface area contributed by atoms with Gasteiger partial charge in [-0.25, -0.2) is 4.98 Å². The Hall–Kier alpha value is -1.29. The Morgan fingerprint density at radius 3 is 2.80 bits per heavy atom. The van der Waals surface area contributed by atoms with E-state index < -0.39 is 0 Å². The highest BCUT2D eigenvalue weighted by atomic mass is 35.5. The van der Waals surface area contributed by atoms with Gasteiger partial charge in [0.25, 0.3) is 0 Å². The van der Waals surface area contributed by atoms with Crippen LogP contribution in [0.2, 0.25) is 10.0 Å². The quantitative estimate of drug-likeness (QED) is 0.877. The molecule has 1 aromatic heterocycles. The first-order valence-electron chi connectivity index (χ1n) is 6.37. The number of pyridine rings is 1. The normalized spacial score (nSPS) is 12.2. The summed E-state index contributed by atoms with van der Waals surface area (Å²) in [5, 5.41) is 4.62. The van der Waals surface area contributed by atoms with E-state index in [2.05, 4.69) is 10.3 Å². The van der Waals surface area contributed by atoms with E-state index in [1.54, 1.807) is 12.3 Å². The molecule has 0 spiro atoms. The summed E-state index contributed by atoms with van der Waals surface area (Å²) in [7, 11) is 0. The highest BCUT2D eigenvalue weighted by Crippen LogP contribution is 2.20. The van der Waals surface area contributed by atoms with Crippen LogP contribution in [0.5, 0.6) is 5.88 Å². The standard InChI is InChI=1S/C15H16Cl2N2O/c1-11(20-15-4-2-3-7-19-15)9-18-10-12-5-6-13(16)8-14(12)17/h2-8,11,18H,9-10H2,1H3. The monoisotopic (exact) mass is 310 g/mol. The molecule has 0 aliphatic carbocycles. The third-order valence-corrected chi connectivity index (χ3v) is 3.31. The Bertz CT molecular complexity index is 549. The van der Waals surface area contributed by atoms with Gasteiger partial charge in [-0.15, -0.1) is 0 Å². The Morgan fingerprint density at radius 1 is 1.25 bits per heavy atom. The molecule has 0 amide bonds. The smallest absolute Gasteiger partial charge is 0.213 e. The number of aromatic nitrogens is 1. The zero-order valence-corrected chi connectivity index (χ0v) is 12.7. The van der Waals surface area contributed by atoms with Crippen LogP contribution < -0.4 is 10.1 Å². The number of nitrogens with one attached hydrogen (secondary N) is 1. The predicted molar refractivity (Wildman–Crippen MR) is 82.5 cm³/mol. The Balaban J connectivity index is 1.78. The highest BCUT2D eigenvalue weighted by Gasteiger charge is 2.05. The second kappa shape index (κ2) is 7.48. The molecule has 1 heterocycles. The summed E-state index contributed by atoms with van der Waals surface area (Å²) in [4.78, 5) is 4.12. The maximum absolute atomic E-state index is 6.11. The number of rotatable bonds is 6. The van der Waals surface area contributed by atoms with Crippen molar-refractivity contribution in [2.24, 2.45) is 0 Å². The summed E-state index contributed by atoms with van der Waals surface area (Å²) < 4.78 is 5.67. The van der Waals surface area contributed by atoms with Crippen LogP contribution in [0, 0.1) is 0 Å². The van der Waals surface area contributed by atoms with E-state index in [1.165, 1.54) is 0 Å². The molecule has 1 unspecified atom stereocenters. The summed E-state index contributed by atoms with van der Waals surface area (Å²) in [6, 6.07) is 11.1. The van der Waals surface area contributed by atoms with E-state index in [0.29, 0.717) is 29.0 Å². The van der Waals surface area contributed by atoms with Gasteiger partial charge in [-0.3, -0.25) is 0 Å². The lowest BCUT2D eigenvalue weighted by atomic mass is 10.2. The molecule has 106 valence electrons. The number of halogens is 2. The fourth-order valence-corrected chi connectivity index (χ4v) is 2.22. The van der Waals surface area contributed by atoms with Crippen LogP contribution in [0.3, 0.4) is 0 Å². The number of hydrogen-bond acceptors (Lipinski definition) is 3. The lowest BCUT2D eigenvalue weighted by molar-refractivity contribution is 0.208. The molecule has 5 heteroatoms. The van der Waals surface area contributed by atoms with Crippen LogP contribution in [0.4, 0.5) is 0 Å². The lowest BCUT2D eigenvalue weighted by Gasteiger charge is -2.15. The summed E-state index contributed by atoms with van der Waals surface area (Å²) >= 11 is 12.0. The van der Waals surface area contributed by atoms with Gasteiger partial charge in [-0.05, 0) is 30.7 Å². The van der Waals surface area contributed by atoms with E-state index in [-0.39, 0.29) is 6.10 Å². The van der Waals surface area contributed by atoms with Crippen molar-refractivity contribution in [1.29, 1.82) is 0 Å². The molecule has 0 aliphatic rings. The van der Waals surface area contributed by atoms with E-state index in [4.69, 9.17) is 27.9 Å². The van der Waals surface area contributed by atoms with E-state index >= 15 is 0 Å². The van der Waals surface area contributed by atoms with Crippen LogP contribution in [0.1, 0.15) is 12.5 Å². The van der Waals surface area contributed by atoms with Crippen LogP contribution in [-0.4, -0.2) is 17.6 Å². The third-order valence-electron chi connectivity index (χ3n) is 2.72. The molecular formula is C15H16Cl2N2O. The van der Waals surface area contributed by atoms with E-state index in [0.717, 1.165) is 5.56 Å². The van der Waals surface area contributed by atoms with Gasteiger partial charge in [0, 0.05) is 35.4 Å². The Labute approximate surface area is 128 Å². The molecule has 1 aromatic carbocycles. The van der Waals surface area contributed by atoms with Crippen LogP contribution in [0.15, 0.2) is 42.6 Å². The second-order valence-electron chi connectivity index (χ2n) is 4.46. The van der Waals surface area contributed by atoms with Gasteiger partial charge < -0.3 is 10.1 Å². The second-order valence-corrected chi connectivity index (χ2v) is 5.31. The zero-order chi connectivity index (χ0) is 14.4. The van der Waals surface area contributed by atoms with E-state index in [9.17, 15) is 0 Å². The van der Waals surface area contributed by atoms with Crippen molar-refractivity contribution < 1.29 is 4.74 Å². The lowest BCUT2D eigenvalue weighted by Crippen LogP contribution is -2.28. The molecule has 0 aliphatic heterocycles. The molecule has 2 aromatic rings. The van der Waals surface area contributed by atoms with Gasteiger partial charge in [0.1, 0.15) is 6.10 Å². The maximum atomic E-state index is 6.11. The Morgan fingerprint density at radius 2 is 2.10 bits per heavy atom. The predicted octanol–water partition coefficient (Wildman–Crippen LogP) is 3.95.